The molecule has 1 aliphatic carbocycles. The fourth-order valence-electron chi connectivity index (χ4n) is 1.89. The van der Waals surface area contributed by atoms with Crippen molar-refractivity contribution in [3.63, 3.8) is 0 Å². The molecule has 0 aromatic heterocycles. The topological polar surface area (TPSA) is 35.5 Å². The first kappa shape index (κ1) is 11.7. The molecule has 1 fully saturated rings. The quantitative estimate of drug-likeness (QED) is 0.678. The number of rotatable bonds is 5. The van der Waals surface area contributed by atoms with Crippen LogP contribution in [0.25, 0.3) is 0 Å². The average molecular weight is 200 g/mol. The Balaban J connectivity index is 2.28. The molecule has 0 aliphatic heterocycles. The van der Waals surface area contributed by atoms with E-state index in [-0.39, 0.29) is 24.1 Å². The second kappa shape index (κ2) is 4.89. The second-order valence-electron chi connectivity index (χ2n) is 4.44. The van der Waals surface area contributed by atoms with Crippen molar-refractivity contribution in [2.75, 3.05) is 7.11 Å². The van der Waals surface area contributed by atoms with Gasteiger partial charge in [-0.25, -0.2) is 0 Å². The van der Waals surface area contributed by atoms with E-state index >= 15 is 0 Å². The molecule has 1 aliphatic rings. The highest BCUT2D eigenvalue weighted by molar-refractivity contribution is 5.90. The first-order chi connectivity index (χ1) is 6.54. The molecule has 3 nitrogen and oxygen atoms in total. The molecule has 0 saturated heterocycles. The van der Waals surface area contributed by atoms with E-state index in [0.29, 0.717) is 12.3 Å². The van der Waals surface area contributed by atoms with Gasteiger partial charge in [-0.3, -0.25) is 4.79 Å². The molecule has 14 heavy (non-hydrogen) atoms. The Bertz CT molecular complexity index is 201. The lowest BCUT2D eigenvalue weighted by atomic mass is 9.89. The first-order valence-corrected chi connectivity index (χ1v) is 5.25. The number of hydrogen-bond donors (Lipinski definition) is 0. The summed E-state index contributed by atoms with van der Waals surface area (Å²) in [5.74, 6) is 0.788. The Hall–Kier alpha value is -0.410. The van der Waals surface area contributed by atoms with Crippen LogP contribution in [0.2, 0.25) is 0 Å². The molecule has 3 heteroatoms. The lowest BCUT2D eigenvalue weighted by Gasteiger charge is -2.35. The minimum absolute atomic E-state index is 0.0127. The summed E-state index contributed by atoms with van der Waals surface area (Å²) in [6, 6.07) is 0. The minimum Gasteiger partial charge on any atom is -0.372 e. The lowest BCUT2D eigenvalue weighted by molar-refractivity contribution is -0.168. The van der Waals surface area contributed by atoms with Crippen molar-refractivity contribution in [2.24, 2.45) is 5.92 Å². The van der Waals surface area contributed by atoms with Gasteiger partial charge in [0.15, 0.2) is 5.78 Å². The zero-order chi connectivity index (χ0) is 10.7. The smallest absolute Gasteiger partial charge is 0.166 e. The number of carbonyl (C=O) groups is 1. The van der Waals surface area contributed by atoms with Gasteiger partial charge < -0.3 is 9.47 Å². The molecule has 0 N–H and O–H groups in total. The molecule has 0 heterocycles. The number of carbonyl (C=O) groups excluding carboxylic acids is 1. The summed E-state index contributed by atoms with van der Waals surface area (Å²) in [7, 11) is 1.56. The monoisotopic (exact) mass is 200 g/mol. The predicted octanol–water partition coefficient (Wildman–Crippen LogP) is 1.79. The highest BCUT2D eigenvalue weighted by Gasteiger charge is 2.41. The van der Waals surface area contributed by atoms with E-state index < -0.39 is 0 Å². The number of ketones is 1. The Morgan fingerprint density at radius 2 is 2.07 bits per heavy atom. The molecule has 0 spiro atoms. The summed E-state index contributed by atoms with van der Waals surface area (Å²) in [4.78, 5) is 11.1. The molecule has 0 aromatic carbocycles. The summed E-state index contributed by atoms with van der Waals surface area (Å²) >= 11 is 0. The molecule has 1 rings (SSSR count). The molecule has 3 unspecified atom stereocenters. The number of methoxy groups -OCH3 is 1. The van der Waals surface area contributed by atoms with E-state index in [9.17, 15) is 4.79 Å². The lowest BCUT2D eigenvalue weighted by Crippen LogP contribution is -2.51. The fraction of sp³-hybridized carbons (Fsp3) is 0.909. The maximum Gasteiger partial charge on any atom is 0.166 e. The van der Waals surface area contributed by atoms with E-state index in [4.69, 9.17) is 9.47 Å². The van der Waals surface area contributed by atoms with Gasteiger partial charge >= 0.3 is 0 Å². The fourth-order valence-corrected chi connectivity index (χ4v) is 1.89. The van der Waals surface area contributed by atoms with Crippen molar-refractivity contribution in [1.82, 2.24) is 0 Å². The van der Waals surface area contributed by atoms with Crippen molar-refractivity contribution < 1.29 is 14.3 Å². The minimum atomic E-state index is -0.315. The second-order valence-corrected chi connectivity index (χ2v) is 4.44. The van der Waals surface area contributed by atoms with Crippen LogP contribution in [-0.2, 0) is 14.3 Å². The van der Waals surface area contributed by atoms with Crippen LogP contribution in [0.1, 0.15) is 33.6 Å². The summed E-state index contributed by atoms with van der Waals surface area (Å²) in [5, 5.41) is 0. The number of Topliss-reactive ketones (excluding diaryl/α,β-unsaturated/α-hetero) is 1. The van der Waals surface area contributed by atoms with Crippen LogP contribution < -0.4 is 0 Å². The number of hydrogen-bond acceptors (Lipinski definition) is 3. The van der Waals surface area contributed by atoms with Gasteiger partial charge in [0.25, 0.3) is 0 Å². The Labute approximate surface area is 85.8 Å². The average Bonchev–Trinajstić information content (AvgIpc) is 2.02. The van der Waals surface area contributed by atoms with Gasteiger partial charge in [-0.1, -0.05) is 13.8 Å². The van der Waals surface area contributed by atoms with Gasteiger partial charge in [0.05, 0.1) is 12.2 Å². The first-order valence-electron chi connectivity index (χ1n) is 5.25. The maximum atomic E-state index is 11.1. The maximum absolute atomic E-state index is 11.1. The molecule has 82 valence electrons. The third-order valence-electron chi connectivity index (χ3n) is 2.52. The summed E-state index contributed by atoms with van der Waals surface area (Å²) in [6.45, 7) is 6.38. The van der Waals surface area contributed by atoms with Crippen LogP contribution in [0.3, 0.4) is 0 Å². The zero-order valence-electron chi connectivity index (χ0n) is 9.45. The van der Waals surface area contributed by atoms with Crippen LogP contribution in [0.4, 0.5) is 0 Å². The Morgan fingerprint density at radius 3 is 2.50 bits per heavy atom. The van der Waals surface area contributed by atoms with Crippen molar-refractivity contribution in [3.05, 3.63) is 0 Å². The Kier molecular flexibility index (Phi) is 4.08. The third kappa shape index (κ3) is 2.79. The molecular formula is C11H20O3. The third-order valence-corrected chi connectivity index (χ3v) is 2.52. The van der Waals surface area contributed by atoms with Crippen LogP contribution in [-0.4, -0.2) is 31.2 Å². The van der Waals surface area contributed by atoms with Crippen LogP contribution in [0.15, 0.2) is 0 Å². The molecule has 0 amide bonds. The van der Waals surface area contributed by atoms with Crippen LogP contribution in [0.5, 0.6) is 0 Å². The molecule has 0 bridgehead atoms. The highest BCUT2D eigenvalue weighted by Crippen LogP contribution is 2.24. The van der Waals surface area contributed by atoms with Gasteiger partial charge in [0.1, 0.15) is 6.10 Å². The molecule has 3 atom stereocenters. The normalized spacial score (nSPS) is 29.1. The van der Waals surface area contributed by atoms with Gasteiger partial charge in [0, 0.05) is 13.5 Å². The predicted molar refractivity (Wildman–Crippen MR) is 54.2 cm³/mol. The molecule has 0 aromatic rings. The Morgan fingerprint density at radius 1 is 1.43 bits per heavy atom. The van der Waals surface area contributed by atoms with E-state index in [1.807, 2.05) is 0 Å². The summed E-state index contributed by atoms with van der Waals surface area (Å²) in [6.07, 6.45) is 1.43. The highest BCUT2D eigenvalue weighted by atomic mass is 16.5. The number of ether oxygens (including phenoxy) is 2. The van der Waals surface area contributed by atoms with E-state index in [2.05, 4.69) is 20.8 Å². The molecular weight excluding hydrogens is 180 g/mol. The standard InChI is InChI=1S/C11H20O3/c1-7(2)5-8(3)14-10-6-9(12)11(10)13-4/h7-8,10-11H,5-6H2,1-4H3. The van der Waals surface area contributed by atoms with Crippen molar-refractivity contribution in [2.45, 2.75) is 51.9 Å². The molecule has 0 radical (unpaired) electrons. The summed E-state index contributed by atoms with van der Waals surface area (Å²) in [5.41, 5.74) is 0. The van der Waals surface area contributed by atoms with Gasteiger partial charge in [0.2, 0.25) is 0 Å². The van der Waals surface area contributed by atoms with Gasteiger partial charge in [-0.2, -0.15) is 0 Å². The van der Waals surface area contributed by atoms with Crippen molar-refractivity contribution in [3.8, 4) is 0 Å². The molecule has 1 saturated carbocycles. The van der Waals surface area contributed by atoms with Gasteiger partial charge in [-0.15, -0.1) is 0 Å². The van der Waals surface area contributed by atoms with E-state index in [0.717, 1.165) is 6.42 Å². The SMILES string of the molecule is COC1C(=O)CC1OC(C)CC(C)C. The largest absolute Gasteiger partial charge is 0.372 e. The van der Waals surface area contributed by atoms with Crippen LogP contribution >= 0.6 is 0 Å². The van der Waals surface area contributed by atoms with Crippen LogP contribution in [0, 0.1) is 5.92 Å². The van der Waals surface area contributed by atoms with Crippen molar-refractivity contribution >= 4 is 5.78 Å². The summed E-state index contributed by atoms with van der Waals surface area (Å²) < 4.78 is 10.8. The van der Waals surface area contributed by atoms with E-state index in [1.54, 1.807) is 7.11 Å². The zero-order valence-corrected chi connectivity index (χ0v) is 9.45. The van der Waals surface area contributed by atoms with Crippen molar-refractivity contribution in [1.29, 1.82) is 0 Å². The van der Waals surface area contributed by atoms with E-state index in [1.165, 1.54) is 0 Å². The van der Waals surface area contributed by atoms with Gasteiger partial charge in [-0.05, 0) is 19.3 Å².